The van der Waals surface area contributed by atoms with Gasteiger partial charge in [0.2, 0.25) is 5.91 Å². The van der Waals surface area contributed by atoms with Crippen LogP contribution < -0.4 is 10.6 Å². The van der Waals surface area contributed by atoms with Gasteiger partial charge in [-0.05, 0) is 12.3 Å². The molecule has 1 amide bonds. The number of carbonyl (C=O) groups is 1. The van der Waals surface area contributed by atoms with Crippen LogP contribution in [0.25, 0.3) is 11.0 Å². The van der Waals surface area contributed by atoms with E-state index in [2.05, 4.69) is 55.3 Å². The molecule has 2 aromatic heterocycles. The Morgan fingerprint density at radius 2 is 2.03 bits per heavy atom. The molecular weight excluding hydrogens is 388 g/mol. The lowest BCUT2D eigenvalue weighted by Crippen LogP contribution is -2.30. The summed E-state index contributed by atoms with van der Waals surface area (Å²) in [6.45, 7) is 15.4. The smallest absolute Gasteiger partial charge is 0.220 e. The topological polar surface area (TPSA) is 94.0 Å². The fourth-order valence-electron chi connectivity index (χ4n) is 2.73. The first kappa shape index (κ1) is 23.4. The largest absolute Gasteiger partial charge is 0.380 e. The molecule has 0 fully saturated rings. The zero-order valence-electron chi connectivity index (χ0n) is 18.4. The number of hydrogen-bond acceptors (Lipinski definition) is 7. The fourth-order valence-corrected chi connectivity index (χ4v) is 3.43. The van der Waals surface area contributed by atoms with Gasteiger partial charge in [0.15, 0.2) is 10.8 Å². The zero-order chi connectivity index (χ0) is 21.4. The number of rotatable bonds is 11. The van der Waals surface area contributed by atoms with E-state index in [1.807, 2.05) is 11.6 Å². The van der Waals surface area contributed by atoms with Crippen LogP contribution in [0, 0.1) is 5.41 Å². The second-order valence-corrected chi connectivity index (χ2v) is 9.88. The van der Waals surface area contributed by atoms with Crippen LogP contribution in [0.4, 0.5) is 5.82 Å². The third-order valence-electron chi connectivity index (χ3n) is 3.90. The number of hydrogen-bond donors (Lipinski definition) is 2. The van der Waals surface area contributed by atoms with Gasteiger partial charge in [-0.2, -0.15) is 5.10 Å². The van der Waals surface area contributed by atoms with Crippen molar-refractivity contribution >= 4 is 34.5 Å². The number of carbonyl (C=O) groups excluding carboxylic acids is 1. The number of fused-ring (bicyclic) bond motifs is 1. The van der Waals surface area contributed by atoms with Crippen molar-refractivity contribution in [1.82, 2.24) is 25.1 Å². The van der Waals surface area contributed by atoms with E-state index in [4.69, 9.17) is 9.72 Å². The Morgan fingerprint density at radius 1 is 1.28 bits per heavy atom. The molecule has 0 saturated carbocycles. The lowest BCUT2D eigenvalue weighted by molar-refractivity contribution is -0.122. The zero-order valence-corrected chi connectivity index (χ0v) is 19.2. The SMILES string of the molecule is CCOCCNc1nc(SC(C)C)nc2c1cnn2CCNC(=O)CC(C)(C)C. The van der Waals surface area contributed by atoms with Gasteiger partial charge in [0, 0.05) is 31.4 Å². The van der Waals surface area contributed by atoms with E-state index in [0.717, 1.165) is 16.9 Å². The van der Waals surface area contributed by atoms with Crippen molar-refractivity contribution in [3.05, 3.63) is 6.20 Å². The first-order valence-electron chi connectivity index (χ1n) is 10.2. The van der Waals surface area contributed by atoms with Crippen LogP contribution in [-0.4, -0.2) is 57.2 Å². The second kappa shape index (κ2) is 10.8. The van der Waals surface area contributed by atoms with Crippen molar-refractivity contribution in [2.45, 2.75) is 64.9 Å². The Labute approximate surface area is 177 Å². The first-order chi connectivity index (χ1) is 13.7. The standard InChI is InChI=1S/C20H34N6O2S/c1-7-28-11-9-22-17-15-13-23-26(10-8-21-16(27)12-20(4,5)6)18(15)25-19(24-17)29-14(2)3/h13-14H,7-12H2,1-6H3,(H,21,27)(H,22,24,25). The average Bonchev–Trinajstić information content (AvgIpc) is 3.00. The van der Waals surface area contributed by atoms with Crippen LogP contribution in [0.3, 0.4) is 0 Å². The molecule has 0 atom stereocenters. The molecule has 9 heteroatoms. The Balaban J connectivity index is 2.13. The molecule has 29 heavy (non-hydrogen) atoms. The molecule has 0 aliphatic heterocycles. The molecule has 0 saturated heterocycles. The highest BCUT2D eigenvalue weighted by atomic mass is 32.2. The number of amides is 1. The molecule has 8 nitrogen and oxygen atoms in total. The minimum atomic E-state index is -0.0270. The summed E-state index contributed by atoms with van der Waals surface area (Å²) in [5, 5.41) is 12.7. The Hall–Kier alpha value is -1.87. The van der Waals surface area contributed by atoms with Gasteiger partial charge in [-0.15, -0.1) is 0 Å². The highest BCUT2D eigenvalue weighted by Crippen LogP contribution is 2.26. The van der Waals surface area contributed by atoms with Crippen molar-refractivity contribution in [1.29, 1.82) is 0 Å². The molecular formula is C20H34N6O2S. The van der Waals surface area contributed by atoms with E-state index < -0.39 is 0 Å². The molecule has 0 aliphatic carbocycles. The molecule has 0 spiro atoms. The van der Waals surface area contributed by atoms with Crippen LogP contribution in [0.1, 0.15) is 48.0 Å². The molecule has 2 N–H and O–H groups in total. The van der Waals surface area contributed by atoms with Gasteiger partial charge in [-0.3, -0.25) is 4.79 Å². The van der Waals surface area contributed by atoms with Gasteiger partial charge in [0.1, 0.15) is 5.82 Å². The highest BCUT2D eigenvalue weighted by Gasteiger charge is 2.17. The second-order valence-electron chi connectivity index (χ2n) is 8.34. The maximum atomic E-state index is 12.1. The van der Waals surface area contributed by atoms with Crippen LogP contribution in [0.15, 0.2) is 11.4 Å². The summed E-state index contributed by atoms with van der Waals surface area (Å²) in [7, 11) is 0. The van der Waals surface area contributed by atoms with Crippen molar-refractivity contribution in [3.8, 4) is 0 Å². The minimum absolute atomic E-state index is 0.0270. The molecule has 162 valence electrons. The summed E-state index contributed by atoms with van der Waals surface area (Å²) in [6.07, 6.45) is 2.28. The maximum absolute atomic E-state index is 12.1. The van der Waals surface area contributed by atoms with Gasteiger partial charge in [0.05, 0.1) is 24.7 Å². The molecule has 0 unspecified atom stereocenters. The van der Waals surface area contributed by atoms with Gasteiger partial charge < -0.3 is 15.4 Å². The van der Waals surface area contributed by atoms with E-state index in [1.54, 1.807) is 18.0 Å². The lowest BCUT2D eigenvalue weighted by atomic mass is 9.92. The number of ether oxygens (including phenoxy) is 1. The summed E-state index contributed by atoms with van der Waals surface area (Å²) < 4.78 is 7.23. The predicted molar refractivity (Wildman–Crippen MR) is 118 cm³/mol. The maximum Gasteiger partial charge on any atom is 0.220 e. The molecule has 2 aromatic rings. The average molecular weight is 423 g/mol. The summed E-state index contributed by atoms with van der Waals surface area (Å²) in [4.78, 5) is 21.4. The van der Waals surface area contributed by atoms with Gasteiger partial charge in [-0.1, -0.05) is 46.4 Å². The fraction of sp³-hybridized carbons (Fsp3) is 0.700. The van der Waals surface area contributed by atoms with Crippen molar-refractivity contribution < 1.29 is 9.53 Å². The molecule has 0 radical (unpaired) electrons. The number of nitrogens with one attached hydrogen (secondary N) is 2. The van der Waals surface area contributed by atoms with Gasteiger partial charge >= 0.3 is 0 Å². The third-order valence-corrected chi connectivity index (χ3v) is 4.76. The Bertz CT molecular complexity index is 800. The predicted octanol–water partition coefficient (Wildman–Crippen LogP) is 3.33. The molecule has 2 heterocycles. The van der Waals surface area contributed by atoms with Gasteiger partial charge in [0.25, 0.3) is 0 Å². The van der Waals surface area contributed by atoms with Crippen LogP contribution in [0.5, 0.6) is 0 Å². The normalized spacial score (nSPS) is 12.0. The van der Waals surface area contributed by atoms with Crippen molar-refractivity contribution in [2.75, 3.05) is 31.6 Å². The van der Waals surface area contributed by atoms with Crippen molar-refractivity contribution in [3.63, 3.8) is 0 Å². The third kappa shape index (κ3) is 7.81. The first-order valence-corrected chi connectivity index (χ1v) is 11.1. The monoisotopic (exact) mass is 422 g/mol. The van der Waals surface area contributed by atoms with E-state index in [9.17, 15) is 4.79 Å². The summed E-state index contributed by atoms with van der Waals surface area (Å²) in [5.41, 5.74) is 0.743. The minimum Gasteiger partial charge on any atom is -0.380 e. The molecule has 0 bridgehead atoms. The van der Waals surface area contributed by atoms with E-state index in [0.29, 0.717) is 49.7 Å². The van der Waals surface area contributed by atoms with Crippen LogP contribution in [-0.2, 0) is 16.1 Å². The number of aromatic nitrogens is 4. The molecule has 2 rings (SSSR count). The number of anilines is 1. The summed E-state index contributed by atoms with van der Waals surface area (Å²) in [6, 6.07) is 0. The Kier molecular flexibility index (Phi) is 8.70. The van der Waals surface area contributed by atoms with Crippen LogP contribution in [0.2, 0.25) is 0 Å². The van der Waals surface area contributed by atoms with Crippen molar-refractivity contribution in [2.24, 2.45) is 5.41 Å². The quantitative estimate of drug-likeness (QED) is 0.326. The molecule has 0 aliphatic rings. The van der Waals surface area contributed by atoms with E-state index in [-0.39, 0.29) is 11.3 Å². The Morgan fingerprint density at radius 3 is 2.69 bits per heavy atom. The summed E-state index contributed by atoms with van der Waals surface area (Å²) in [5.74, 6) is 0.818. The van der Waals surface area contributed by atoms with Gasteiger partial charge in [-0.25, -0.2) is 14.6 Å². The molecule has 0 aromatic carbocycles. The van der Waals surface area contributed by atoms with E-state index >= 15 is 0 Å². The number of thioether (sulfide) groups is 1. The summed E-state index contributed by atoms with van der Waals surface area (Å²) >= 11 is 1.61. The highest BCUT2D eigenvalue weighted by molar-refractivity contribution is 7.99. The number of nitrogens with zero attached hydrogens (tertiary/aromatic N) is 4. The van der Waals surface area contributed by atoms with Crippen LogP contribution >= 0.6 is 11.8 Å². The van der Waals surface area contributed by atoms with E-state index in [1.165, 1.54) is 0 Å². The lowest BCUT2D eigenvalue weighted by Gasteiger charge is -2.17.